The number of hydrogen-bond acceptors (Lipinski definition) is 3. The first-order valence-electron chi connectivity index (χ1n) is 6.36. The summed E-state index contributed by atoms with van der Waals surface area (Å²) in [5.41, 5.74) is 0.652. The number of carbonyl (C=O) groups excluding carboxylic acids is 1. The molecular weight excluding hydrogens is 246 g/mol. The van der Waals surface area contributed by atoms with Crippen LogP contribution in [-0.4, -0.2) is 36.7 Å². The third kappa shape index (κ3) is 3.79. The number of amides is 1. The largest absolute Gasteiger partial charge is 0.478 e. The molecule has 1 fully saturated rings. The number of carboxylic acids is 1. The highest BCUT2D eigenvalue weighted by molar-refractivity contribution is 5.95. The standard InChI is InChI=1S/C14H17NO4/c16-13(15-8-10-2-1-7-19-9-10)11-3-5-12(6-4-11)14(17)18/h3-6,10H,1-2,7-9H2,(H,15,16)(H,17,18). The van der Waals surface area contributed by atoms with Gasteiger partial charge in [-0.05, 0) is 43.0 Å². The van der Waals surface area contributed by atoms with E-state index in [1.807, 2.05) is 0 Å². The number of aromatic carboxylic acids is 1. The molecule has 5 nitrogen and oxygen atoms in total. The monoisotopic (exact) mass is 263 g/mol. The first-order valence-corrected chi connectivity index (χ1v) is 6.36. The lowest BCUT2D eigenvalue weighted by molar-refractivity contribution is 0.0536. The van der Waals surface area contributed by atoms with Gasteiger partial charge in [0.15, 0.2) is 0 Å². The third-order valence-corrected chi connectivity index (χ3v) is 3.20. The van der Waals surface area contributed by atoms with Crippen LogP contribution in [0.1, 0.15) is 33.6 Å². The van der Waals surface area contributed by atoms with Crippen LogP contribution in [0.3, 0.4) is 0 Å². The number of benzene rings is 1. The predicted molar refractivity (Wildman–Crippen MR) is 69.3 cm³/mol. The molecule has 0 saturated carbocycles. The fourth-order valence-corrected chi connectivity index (χ4v) is 2.07. The van der Waals surface area contributed by atoms with E-state index in [2.05, 4.69) is 5.32 Å². The number of nitrogens with one attached hydrogen (secondary N) is 1. The van der Waals surface area contributed by atoms with E-state index in [0.29, 0.717) is 24.6 Å². The zero-order valence-electron chi connectivity index (χ0n) is 10.6. The Bertz CT molecular complexity index is 449. The Kier molecular flexibility index (Phi) is 4.52. The lowest BCUT2D eigenvalue weighted by atomic mass is 10.0. The van der Waals surface area contributed by atoms with Crippen LogP contribution in [0.2, 0.25) is 0 Å². The van der Waals surface area contributed by atoms with Crippen LogP contribution in [0.25, 0.3) is 0 Å². The summed E-state index contributed by atoms with van der Waals surface area (Å²) in [6.45, 7) is 2.10. The van der Waals surface area contributed by atoms with E-state index in [4.69, 9.17) is 9.84 Å². The second kappa shape index (κ2) is 6.33. The quantitative estimate of drug-likeness (QED) is 0.864. The summed E-state index contributed by atoms with van der Waals surface area (Å²) in [6, 6.07) is 5.91. The Morgan fingerprint density at radius 1 is 1.26 bits per heavy atom. The highest BCUT2D eigenvalue weighted by Gasteiger charge is 2.15. The average Bonchev–Trinajstić information content (AvgIpc) is 2.46. The predicted octanol–water partition coefficient (Wildman–Crippen LogP) is 1.54. The highest BCUT2D eigenvalue weighted by Crippen LogP contribution is 2.12. The zero-order chi connectivity index (χ0) is 13.7. The molecule has 102 valence electrons. The molecule has 2 rings (SSSR count). The minimum atomic E-state index is -0.994. The Morgan fingerprint density at radius 3 is 2.53 bits per heavy atom. The van der Waals surface area contributed by atoms with Crippen molar-refractivity contribution in [2.24, 2.45) is 5.92 Å². The summed E-state index contributed by atoms with van der Waals surface area (Å²) in [5.74, 6) is -0.801. The number of carboxylic acid groups (broad SMARTS) is 1. The van der Waals surface area contributed by atoms with Gasteiger partial charge in [-0.3, -0.25) is 4.79 Å². The van der Waals surface area contributed by atoms with Gasteiger partial charge in [-0.1, -0.05) is 0 Å². The zero-order valence-corrected chi connectivity index (χ0v) is 10.6. The van der Waals surface area contributed by atoms with Crippen molar-refractivity contribution < 1.29 is 19.4 Å². The van der Waals surface area contributed by atoms with E-state index >= 15 is 0 Å². The fraction of sp³-hybridized carbons (Fsp3) is 0.429. The van der Waals surface area contributed by atoms with Crippen LogP contribution in [0.15, 0.2) is 24.3 Å². The minimum absolute atomic E-state index is 0.178. The van der Waals surface area contributed by atoms with E-state index < -0.39 is 5.97 Å². The Balaban J connectivity index is 1.86. The topological polar surface area (TPSA) is 75.6 Å². The van der Waals surface area contributed by atoms with Gasteiger partial charge in [-0.15, -0.1) is 0 Å². The fourth-order valence-electron chi connectivity index (χ4n) is 2.07. The molecule has 0 spiro atoms. The summed E-state index contributed by atoms with van der Waals surface area (Å²) in [6.07, 6.45) is 2.10. The molecule has 1 aromatic carbocycles. The molecule has 1 aliphatic heterocycles. The van der Waals surface area contributed by atoms with E-state index in [1.165, 1.54) is 24.3 Å². The summed E-state index contributed by atoms with van der Waals surface area (Å²) in [4.78, 5) is 22.6. The molecule has 1 saturated heterocycles. The smallest absolute Gasteiger partial charge is 0.335 e. The number of rotatable bonds is 4. The van der Waals surface area contributed by atoms with Gasteiger partial charge in [-0.2, -0.15) is 0 Å². The van der Waals surface area contributed by atoms with Gasteiger partial charge in [0.2, 0.25) is 0 Å². The lowest BCUT2D eigenvalue weighted by Crippen LogP contribution is -2.33. The van der Waals surface area contributed by atoms with Crippen LogP contribution < -0.4 is 5.32 Å². The van der Waals surface area contributed by atoms with Gasteiger partial charge in [-0.25, -0.2) is 4.79 Å². The van der Waals surface area contributed by atoms with Gasteiger partial charge in [0.25, 0.3) is 5.91 Å². The van der Waals surface area contributed by atoms with E-state index in [-0.39, 0.29) is 11.5 Å². The van der Waals surface area contributed by atoms with Gasteiger partial charge in [0.1, 0.15) is 0 Å². The van der Waals surface area contributed by atoms with Crippen LogP contribution in [0, 0.1) is 5.92 Å². The Morgan fingerprint density at radius 2 is 1.95 bits per heavy atom. The maximum atomic E-state index is 11.9. The van der Waals surface area contributed by atoms with Crippen LogP contribution in [0.4, 0.5) is 0 Å². The maximum Gasteiger partial charge on any atom is 0.335 e. The minimum Gasteiger partial charge on any atom is -0.478 e. The second-order valence-corrected chi connectivity index (χ2v) is 4.68. The molecule has 1 atom stereocenters. The van der Waals surface area contributed by atoms with Crippen molar-refractivity contribution in [3.05, 3.63) is 35.4 Å². The van der Waals surface area contributed by atoms with Gasteiger partial charge in [0.05, 0.1) is 12.2 Å². The van der Waals surface area contributed by atoms with Crippen molar-refractivity contribution in [2.45, 2.75) is 12.8 Å². The van der Waals surface area contributed by atoms with E-state index in [0.717, 1.165) is 19.4 Å². The van der Waals surface area contributed by atoms with Crippen molar-refractivity contribution in [3.63, 3.8) is 0 Å². The van der Waals surface area contributed by atoms with Crippen LogP contribution >= 0.6 is 0 Å². The molecule has 1 heterocycles. The summed E-state index contributed by atoms with van der Waals surface area (Å²) in [5, 5.41) is 11.6. The molecule has 1 aromatic rings. The normalized spacial score (nSPS) is 18.8. The number of carbonyl (C=O) groups is 2. The number of ether oxygens (including phenoxy) is 1. The summed E-state index contributed by atoms with van der Waals surface area (Å²) < 4.78 is 5.35. The molecule has 0 aromatic heterocycles. The van der Waals surface area contributed by atoms with E-state index in [9.17, 15) is 9.59 Å². The maximum absolute atomic E-state index is 11.9. The van der Waals surface area contributed by atoms with Crippen molar-refractivity contribution in [2.75, 3.05) is 19.8 Å². The van der Waals surface area contributed by atoms with Gasteiger partial charge >= 0.3 is 5.97 Å². The van der Waals surface area contributed by atoms with Crippen molar-refractivity contribution in [1.29, 1.82) is 0 Å². The van der Waals surface area contributed by atoms with Crippen molar-refractivity contribution in [1.82, 2.24) is 5.32 Å². The Labute approximate surface area is 111 Å². The molecule has 1 aliphatic rings. The lowest BCUT2D eigenvalue weighted by Gasteiger charge is -2.22. The first-order chi connectivity index (χ1) is 9.16. The molecule has 2 N–H and O–H groups in total. The molecule has 0 bridgehead atoms. The average molecular weight is 263 g/mol. The molecule has 1 amide bonds. The van der Waals surface area contributed by atoms with Crippen molar-refractivity contribution >= 4 is 11.9 Å². The SMILES string of the molecule is O=C(O)c1ccc(C(=O)NCC2CCCOC2)cc1. The Hall–Kier alpha value is -1.88. The first kappa shape index (κ1) is 13.5. The third-order valence-electron chi connectivity index (χ3n) is 3.20. The molecule has 5 heteroatoms. The molecule has 1 unspecified atom stereocenters. The highest BCUT2D eigenvalue weighted by atomic mass is 16.5. The van der Waals surface area contributed by atoms with Gasteiger partial charge < -0.3 is 15.2 Å². The molecule has 0 radical (unpaired) electrons. The molecular formula is C14H17NO4. The van der Waals surface area contributed by atoms with Gasteiger partial charge in [0, 0.05) is 18.7 Å². The second-order valence-electron chi connectivity index (χ2n) is 4.68. The summed E-state index contributed by atoms with van der Waals surface area (Å²) >= 11 is 0. The van der Waals surface area contributed by atoms with Crippen LogP contribution in [-0.2, 0) is 4.74 Å². The molecule has 19 heavy (non-hydrogen) atoms. The summed E-state index contributed by atoms with van der Waals surface area (Å²) in [7, 11) is 0. The van der Waals surface area contributed by atoms with Crippen molar-refractivity contribution in [3.8, 4) is 0 Å². The van der Waals surface area contributed by atoms with E-state index in [1.54, 1.807) is 0 Å². The van der Waals surface area contributed by atoms with Crippen LogP contribution in [0.5, 0.6) is 0 Å². The number of hydrogen-bond donors (Lipinski definition) is 2. The molecule has 0 aliphatic carbocycles.